The van der Waals surface area contributed by atoms with E-state index >= 15 is 0 Å². The first-order valence-electron chi connectivity index (χ1n) is 7.24. The van der Waals surface area contributed by atoms with Crippen molar-refractivity contribution in [2.24, 2.45) is 0 Å². The molecule has 1 aliphatic rings. The largest absolute Gasteiger partial charge is 0.380 e. The van der Waals surface area contributed by atoms with Gasteiger partial charge in [0.15, 0.2) is 0 Å². The van der Waals surface area contributed by atoms with Gasteiger partial charge < -0.3 is 10.1 Å². The van der Waals surface area contributed by atoms with Crippen LogP contribution in [-0.4, -0.2) is 50.8 Å². The molecule has 3 heteroatoms. The molecule has 1 rings (SSSR count). The highest BCUT2D eigenvalue weighted by Gasteiger charge is 2.24. The lowest BCUT2D eigenvalue weighted by atomic mass is 9.91. The van der Waals surface area contributed by atoms with Gasteiger partial charge in [0, 0.05) is 25.2 Å². The van der Waals surface area contributed by atoms with E-state index in [1.54, 1.807) is 0 Å². The molecular formula is C14H30N2O. The molecule has 2 atom stereocenters. The monoisotopic (exact) mass is 242 g/mol. The highest BCUT2D eigenvalue weighted by Crippen LogP contribution is 2.21. The predicted molar refractivity (Wildman–Crippen MR) is 73.5 cm³/mol. The van der Waals surface area contributed by atoms with E-state index in [0.717, 1.165) is 19.8 Å². The van der Waals surface area contributed by atoms with Crippen molar-refractivity contribution >= 4 is 0 Å². The fourth-order valence-electron chi connectivity index (χ4n) is 2.85. The lowest BCUT2D eigenvalue weighted by Crippen LogP contribution is -2.48. The zero-order valence-electron chi connectivity index (χ0n) is 11.9. The second-order valence-electron chi connectivity index (χ2n) is 5.13. The summed E-state index contributed by atoms with van der Waals surface area (Å²) in [7, 11) is 4.35. The molecule has 3 nitrogen and oxygen atoms in total. The topological polar surface area (TPSA) is 24.5 Å². The molecule has 17 heavy (non-hydrogen) atoms. The Morgan fingerprint density at radius 2 is 1.88 bits per heavy atom. The Morgan fingerprint density at radius 1 is 1.18 bits per heavy atom. The van der Waals surface area contributed by atoms with Gasteiger partial charge in [0.05, 0.1) is 6.61 Å². The number of rotatable bonds is 6. The second kappa shape index (κ2) is 8.90. The number of nitrogens with zero attached hydrogens (tertiary/aromatic N) is 1. The van der Waals surface area contributed by atoms with Crippen molar-refractivity contribution in [3.8, 4) is 0 Å². The van der Waals surface area contributed by atoms with Gasteiger partial charge in [0.1, 0.15) is 0 Å². The molecule has 0 radical (unpaired) electrons. The molecule has 0 spiro atoms. The van der Waals surface area contributed by atoms with Gasteiger partial charge in [-0.05, 0) is 33.9 Å². The first-order valence-corrected chi connectivity index (χ1v) is 7.24. The average Bonchev–Trinajstić information content (AvgIpc) is 2.29. The minimum atomic E-state index is 0.655. The van der Waals surface area contributed by atoms with E-state index in [1.807, 2.05) is 0 Å². The molecule has 1 aliphatic carbocycles. The minimum absolute atomic E-state index is 0.655. The molecule has 1 saturated carbocycles. The zero-order chi connectivity index (χ0) is 12.5. The van der Waals surface area contributed by atoms with Crippen molar-refractivity contribution in [2.75, 3.05) is 33.9 Å². The Bertz CT molecular complexity index is 187. The quantitative estimate of drug-likeness (QED) is 0.723. The molecule has 1 N–H and O–H groups in total. The molecule has 102 valence electrons. The molecule has 0 aromatic heterocycles. The standard InChI is InChI=1S/C14H30N2O/c1-4-17-12-11-16(3)14-10-8-6-5-7-9-13(14)15-2/h13-15H,4-12H2,1-3H3. The summed E-state index contributed by atoms with van der Waals surface area (Å²) in [6.07, 6.45) is 8.22. The summed E-state index contributed by atoms with van der Waals surface area (Å²) in [5, 5.41) is 3.51. The van der Waals surface area contributed by atoms with E-state index < -0.39 is 0 Å². The van der Waals surface area contributed by atoms with E-state index in [4.69, 9.17) is 4.74 Å². The third-order valence-corrected chi connectivity index (χ3v) is 3.96. The van der Waals surface area contributed by atoms with Crippen LogP contribution in [-0.2, 0) is 4.74 Å². The minimum Gasteiger partial charge on any atom is -0.380 e. The lowest BCUT2D eigenvalue weighted by Gasteiger charge is -2.36. The maximum absolute atomic E-state index is 5.46. The van der Waals surface area contributed by atoms with Crippen LogP contribution >= 0.6 is 0 Å². The maximum atomic E-state index is 5.46. The van der Waals surface area contributed by atoms with Gasteiger partial charge in [-0.25, -0.2) is 0 Å². The summed E-state index contributed by atoms with van der Waals surface area (Å²) in [5.74, 6) is 0. The Balaban J connectivity index is 2.42. The number of hydrogen-bond donors (Lipinski definition) is 1. The van der Waals surface area contributed by atoms with Gasteiger partial charge >= 0.3 is 0 Å². The second-order valence-corrected chi connectivity index (χ2v) is 5.13. The molecule has 2 unspecified atom stereocenters. The first kappa shape index (κ1) is 14.9. The first-order chi connectivity index (χ1) is 8.29. The van der Waals surface area contributed by atoms with Gasteiger partial charge in [0.2, 0.25) is 0 Å². The molecule has 0 heterocycles. The van der Waals surface area contributed by atoms with E-state index in [9.17, 15) is 0 Å². The van der Waals surface area contributed by atoms with Gasteiger partial charge in [-0.2, -0.15) is 0 Å². The van der Waals surface area contributed by atoms with Gasteiger partial charge in [0.25, 0.3) is 0 Å². The Hall–Kier alpha value is -0.120. The van der Waals surface area contributed by atoms with Crippen LogP contribution in [0.4, 0.5) is 0 Å². The van der Waals surface area contributed by atoms with Crippen LogP contribution in [0.5, 0.6) is 0 Å². The summed E-state index contributed by atoms with van der Waals surface area (Å²) >= 11 is 0. The number of hydrogen-bond acceptors (Lipinski definition) is 3. The molecule has 0 bridgehead atoms. The average molecular weight is 242 g/mol. The normalized spacial score (nSPS) is 26.8. The van der Waals surface area contributed by atoms with Crippen LogP contribution < -0.4 is 5.32 Å². The van der Waals surface area contributed by atoms with Gasteiger partial charge in [-0.1, -0.05) is 25.7 Å². The number of likely N-dealkylation sites (N-methyl/N-ethyl adjacent to an activating group) is 2. The summed E-state index contributed by atoms with van der Waals surface area (Å²) in [5.41, 5.74) is 0. The Kier molecular flexibility index (Phi) is 7.82. The zero-order valence-corrected chi connectivity index (χ0v) is 11.9. The molecule has 0 aromatic carbocycles. The highest BCUT2D eigenvalue weighted by molar-refractivity contribution is 4.83. The fraction of sp³-hybridized carbons (Fsp3) is 1.00. The number of nitrogens with one attached hydrogen (secondary N) is 1. The highest BCUT2D eigenvalue weighted by atomic mass is 16.5. The van der Waals surface area contributed by atoms with Gasteiger partial charge in [-0.3, -0.25) is 4.90 Å². The van der Waals surface area contributed by atoms with Crippen LogP contribution in [0.1, 0.15) is 45.4 Å². The molecule has 0 aliphatic heterocycles. The predicted octanol–water partition coefficient (Wildman–Crippen LogP) is 2.27. The summed E-state index contributed by atoms with van der Waals surface area (Å²) in [4.78, 5) is 2.49. The van der Waals surface area contributed by atoms with Crippen molar-refractivity contribution in [1.82, 2.24) is 10.2 Å². The van der Waals surface area contributed by atoms with Crippen molar-refractivity contribution in [1.29, 1.82) is 0 Å². The van der Waals surface area contributed by atoms with E-state index in [-0.39, 0.29) is 0 Å². The van der Waals surface area contributed by atoms with Crippen molar-refractivity contribution in [3.63, 3.8) is 0 Å². The van der Waals surface area contributed by atoms with Crippen LogP contribution in [0.15, 0.2) is 0 Å². The molecule has 0 amide bonds. The van der Waals surface area contributed by atoms with Crippen molar-refractivity contribution in [2.45, 2.75) is 57.5 Å². The van der Waals surface area contributed by atoms with E-state index in [0.29, 0.717) is 12.1 Å². The fourth-order valence-corrected chi connectivity index (χ4v) is 2.85. The van der Waals surface area contributed by atoms with E-state index in [2.05, 4.69) is 31.2 Å². The van der Waals surface area contributed by atoms with E-state index in [1.165, 1.54) is 38.5 Å². The van der Waals surface area contributed by atoms with Crippen LogP contribution in [0.3, 0.4) is 0 Å². The Morgan fingerprint density at radius 3 is 2.53 bits per heavy atom. The van der Waals surface area contributed by atoms with Crippen LogP contribution in [0, 0.1) is 0 Å². The van der Waals surface area contributed by atoms with Crippen molar-refractivity contribution in [3.05, 3.63) is 0 Å². The van der Waals surface area contributed by atoms with Crippen LogP contribution in [0.2, 0.25) is 0 Å². The lowest BCUT2D eigenvalue weighted by molar-refractivity contribution is 0.0909. The van der Waals surface area contributed by atoms with Crippen molar-refractivity contribution < 1.29 is 4.74 Å². The maximum Gasteiger partial charge on any atom is 0.0593 e. The third-order valence-electron chi connectivity index (χ3n) is 3.96. The third kappa shape index (κ3) is 5.36. The molecule has 0 aromatic rings. The SMILES string of the molecule is CCOCCN(C)C1CCCCCCC1NC. The summed E-state index contributed by atoms with van der Waals surface area (Å²) in [6, 6.07) is 1.34. The Labute approximate surface area is 107 Å². The summed E-state index contributed by atoms with van der Waals surface area (Å²) in [6.45, 7) is 4.80. The smallest absolute Gasteiger partial charge is 0.0593 e. The molecule has 1 fully saturated rings. The summed E-state index contributed by atoms with van der Waals surface area (Å²) < 4.78 is 5.46. The molecular weight excluding hydrogens is 212 g/mol. The molecule has 0 saturated heterocycles. The van der Waals surface area contributed by atoms with Gasteiger partial charge in [-0.15, -0.1) is 0 Å². The van der Waals surface area contributed by atoms with Crippen LogP contribution in [0.25, 0.3) is 0 Å². The number of ether oxygens (including phenoxy) is 1.